The van der Waals surface area contributed by atoms with Crippen molar-refractivity contribution in [1.29, 1.82) is 0 Å². The minimum Gasteiger partial charge on any atom is -0.462 e. The Kier molecular flexibility index (Phi) is 8.69. The smallest absolute Gasteiger partial charge is 0.348 e. The van der Waals surface area contributed by atoms with E-state index in [1.165, 1.54) is 6.08 Å². The van der Waals surface area contributed by atoms with E-state index in [-0.39, 0.29) is 47.3 Å². The van der Waals surface area contributed by atoms with E-state index in [0.29, 0.717) is 11.1 Å². The molecule has 0 unspecified atom stereocenters. The molecule has 1 amide bonds. The number of hydrogen-bond acceptors (Lipinski definition) is 7. The van der Waals surface area contributed by atoms with Crippen molar-refractivity contribution >= 4 is 40.0 Å². The number of Topliss-reactive ketones (excluding diaryl/α,β-unsaturated/α-hetero) is 1. The Morgan fingerprint density at radius 1 is 1.03 bits per heavy atom. The van der Waals surface area contributed by atoms with E-state index in [4.69, 9.17) is 9.47 Å². The third-order valence-electron chi connectivity index (χ3n) is 4.35. The van der Waals surface area contributed by atoms with Gasteiger partial charge in [0.1, 0.15) is 16.5 Å². The van der Waals surface area contributed by atoms with Crippen LogP contribution in [-0.4, -0.2) is 36.8 Å². The maximum atomic E-state index is 12.5. The number of thiophene rings is 1. The van der Waals surface area contributed by atoms with Crippen molar-refractivity contribution in [3.8, 4) is 0 Å². The van der Waals surface area contributed by atoms with E-state index in [9.17, 15) is 19.2 Å². The molecule has 0 atom stereocenters. The Hall–Kier alpha value is -3.26. The van der Waals surface area contributed by atoms with Crippen LogP contribution in [0.3, 0.4) is 0 Å². The van der Waals surface area contributed by atoms with Crippen LogP contribution in [0.4, 0.5) is 5.00 Å². The second-order valence-corrected chi connectivity index (χ2v) is 7.73. The van der Waals surface area contributed by atoms with Crippen LogP contribution < -0.4 is 5.32 Å². The van der Waals surface area contributed by atoms with Gasteiger partial charge in [0.15, 0.2) is 5.78 Å². The van der Waals surface area contributed by atoms with E-state index >= 15 is 0 Å². The van der Waals surface area contributed by atoms with Crippen molar-refractivity contribution < 1.29 is 28.7 Å². The van der Waals surface area contributed by atoms with Crippen LogP contribution in [0, 0.1) is 13.8 Å². The Morgan fingerprint density at radius 3 is 2.32 bits per heavy atom. The highest BCUT2D eigenvalue weighted by Crippen LogP contribution is 2.34. The number of carbonyl (C=O) groups excluding carboxylic acids is 4. The maximum absolute atomic E-state index is 12.5. The Labute approximate surface area is 185 Å². The molecule has 0 aliphatic heterocycles. The molecule has 0 radical (unpaired) electrons. The van der Waals surface area contributed by atoms with Crippen molar-refractivity contribution in [1.82, 2.24) is 0 Å². The lowest BCUT2D eigenvalue weighted by atomic mass is 10.0. The van der Waals surface area contributed by atoms with Crippen LogP contribution in [0.5, 0.6) is 0 Å². The summed E-state index contributed by atoms with van der Waals surface area (Å²) in [5.41, 5.74) is 2.04. The molecule has 0 aliphatic rings. The second-order valence-electron chi connectivity index (χ2n) is 6.71. The van der Waals surface area contributed by atoms with Gasteiger partial charge in [-0.15, -0.1) is 11.3 Å². The molecule has 8 heteroatoms. The molecule has 7 nitrogen and oxygen atoms in total. The van der Waals surface area contributed by atoms with Crippen molar-refractivity contribution in [3.63, 3.8) is 0 Å². The van der Waals surface area contributed by atoms with Crippen molar-refractivity contribution in [2.75, 3.05) is 18.5 Å². The number of esters is 2. The third kappa shape index (κ3) is 6.36. The van der Waals surface area contributed by atoms with Crippen LogP contribution in [0.25, 0.3) is 0 Å². The predicted molar refractivity (Wildman–Crippen MR) is 119 cm³/mol. The van der Waals surface area contributed by atoms with Crippen LogP contribution >= 0.6 is 11.3 Å². The van der Waals surface area contributed by atoms with Gasteiger partial charge in [0.05, 0.1) is 12.2 Å². The molecule has 0 spiro atoms. The molecular weight excluding hydrogens is 418 g/mol. The lowest BCUT2D eigenvalue weighted by molar-refractivity contribution is -0.116. The largest absolute Gasteiger partial charge is 0.462 e. The highest BCUT2D eigenvalue weighted by atomic mass is 32.1. The zero-order valence-electron chi connectivity index (χ0n) is 17.8. The van der Waals surface area contributed by atoms with E-state index in [0.717, 1.165) is 16.9 Å². The molecular formula is C23H25NO6S. The molecule has 1 aromatic heterocycles. The molecule has 0 saturated heterocycles. The van der Waals surface area contributed by atoms with Gasteiger partial charge in [0, 0.05) is 18.4 Å². The highest BCUT2D eigenvalue weighted by Gasteiger charge is 2.27. The lowest BCUT2D eigenvalue weighted by Crippen LogP contribution is -2.16. The molecule has 1 heterocycles. The Morgan fingerprint density at radius 2 is 1.71 bits per heavy atom. The van der Waals surface area contributed by atoms with Gasteiger partial charge in [0.2, 0.25) is 5.91 Å². The minimum absolute atomic E-state index is 0.0161. The fraction of sp³-hybridized carbons (Fsp3) is 0.304. The molecule has 2 rings (SSSR count). The number of hydrogen-bond donors (Lipinski definition) is 1. The molecule has 2 aromatic rings. The van der Waals surface area contributed by atoms with Crippen molar-refractivity contribution in [2.24, 2.45) is 0 Å². The van der Waals surface area contributed by atoms with E-state index in [1.807, 2.05) is 19.1 Å². The first-order valence-electron chi connectivity index (χ1n) is 9.76. The van der Waals surface area contributed by atoms with E-state index < -0.39 is 17.8 Å². The summed E-state index contributed by atoms with van der Waals surface area (Å²) >= 11 is 0.933. The zero-order chi connectivity index (χ0) is 23.0. The average molecular weight is 444 g/mol. The normalized spacial score (nSPS) is 10.3. The summed E-state index contributed by atoms with van der Waals surface area (Å²) in [4.78, 5) is 49.6. The fourth-order valence-electron chi connectivity index (χ4n) is 2.75. The molecule has 0 saturated carbocycles. The average Bonchev–Trinajstić information content (AvgIpc) is 3.06. The first kappa shape index (κ1) is 24.0. The lowest BCUT2D eigenvalue weighted by Gasteiger charge is -2.07. The van der Waals surface area contributed by atoms with Crippen molar-refractivity contribution in [3.05, 3.63) is 64.1 Å². The molecule has 164 valence electrons. The molecule has 0 bridgehead atoms. The number of ketones is 1. The van der Waals surface area contributed by atoms with Gasteiger partial charge in [-0.2, -0.15) is 0 Å². The number of ether oxygens (including phenoxy) is 2. The number of aryl methyl sites for hydroxylation is 1. The van der Waals surface area contributed by atoms with Gasteiger partial charge in [0.25, 0.3) is 0 Å². The first-order valence-corrected chi connectivity index (χ1v) is 10.6. The quantitative estimate of drug-likeness (QED) is 0.330. The fourth-order valence-corrected chi connectivity index (χ4v) is 3.85. The monoisotopic (exact) mass is 443 g/mol. The summed E-state index contributed by atoms with van der Waals surface area (Å²) in [7, 11) is 0. The number of anilines is 1. The molecule has 31 heavy (non-hydrogen) atoms. The summed E-state index contributed by atoms with van der Waals surface area (Å²) in [6, 6.07) is 7.11. The summed E-state index contributed by atoms with van der Waals surface area (Å²) in [6.07, 6.45) is 1.38. The van der Waals surface area contributed by atoms with Gasteiger partial charge in [-0.1, -0.05) is 42.5 Å². The summed E-state index contributed by atoms with van der Waals surface area (Å²) < 4.78 is 10.1. The highest BCUT2D eigenvalue weighted by molar-refractivity contribution is 7.18. The zero-order valence-corrected chi connectivity index (χ0v) is 18.6. The summed E-state index contributed by atoms with van der Waals surface area (Å²) in [6.45, 7) is 8.83. The molecule has 1 aromatic carbocycles. The van der Waals surface area contributed by atoms with Crippen molar-refractivity contribution in [2.45, 2.75) is 33.6 Å². The number of amides is 1. The SMILES string of the molecule is C=CCOC(=O)c1sc(NC(=O)CCC(=O)c2ccc(C)cc2)c(C(=O)OCC)c1C. The van der Waals surface area contributed by atoms with Gasteiger partial charge in [-0.25, -0.2) is 9.59 Å². The Bertz CT molecular complexity index is 990. The predicted octanol–water partition coefficient (Wildman–Crippen LogP) is 4.49. The maximum Gasteiger partial charge on any atom is 0.348 e. The first-order chi connectivity index (χ1) is 14.8. The molecule has 0 aliphatic carbocycles. The van der Waals surface area contributed by atoms with Crippen LogP contribution in [-0.2, 0) is 14.3 Å². The number of nitrogens with one attached hydrogen (secondary N) is 1. The van der Waals surface area contributed by atoms with Gasteiger partial charge in [-0.3, -0.25) is 9.59 Å². The van der Waals surface area contributed by atoms with Gasteiger partial charge < -0.3 is 14.8 Å². The van der Waals surface area contributed by atoms with Crippen LogP contribution in [0.1, 0.15) is 61.3 Å². The minimum atomic E-state index is -0.648. The van der Waals surface area contributed by atoms with Gasteiger partial charge in [-0.05, 0) is 26.3 Å². The van der Waals surface area contributed by atoms with Gasteiger partial charge >= 0.3 is 11.9 Å². The second kappa shape index (κ2) is 11.2. The molecule has 0 fully saturated rings. The van der Waals surface area contributed by atoms with E-state index in [2.05, 4.69) is 11.9 Å². The summed E-state index contributed by atoms with van der Waals surface area (Å²) in [5, 5.41) is 2.83. The number of carbonyl (C=O) groups is 4. The third-order valence-corrected chi connectivity index (χ3v) is 5.54. The molecule has 1 N–H and O–H groups in total. The topological polar surface area (TPSA) is 98.8 Å². The summed E-state index contributed by atoms with van der Waals surface area (Å²) in [5.74, 6) is -1.87. The van der Waals surface area contributed by atoms with E-state index in [1.54, 1.807) is 26.0 Å². The number of rotatable bonds is 10. The Balaban J connectivity index is 2.15. The standard InChI is InChI=1S/C23H25NO6S/c1-5-13-30-23(28)20-15(4)19(22(27)29-6-2)21(31-20)24-18(26)12-11-17(25)16-9-7-14(3)8-10-16/h5,7-10H,1,6,11-13H2,2-4H3,(H,24,26). The van der Waals surface area contributed by atoms with Crippen LogP contribution in [0.15, 0.2) is 36.9 Å². The number of benzene rings is 1. The van der Waals surface area contributed by atoms with Crippen LogP contribution in [0.2, 0.25) is 0 Å².